The van der Waals surface area contributed by atoms with Crippen molar-refractivity contribution in [3.63, 3.8) is 0 Å². The molecule has 3 rings (SSSR count). The van der Waals surface area contributed by atoms with Crippen LogP contribution < -0.4 is 0 Å². The number of aromatic carboxylic acids is 1. The second-order valence-electron chi connectivity index (χ2n) is 5.63. The average molecular weight is 323 g/mol. The van der Waals surface area contributed by atoms with Gasteiger partial charge in [-0.2, -0.15) is 0 Å². The first-order valence-corrected chi connectivity index (χ1v) is 7.68. The molecule has 122 valence electrons. The van der Waals surface area contributed by atoms with E-state index in [1.807, 2.05) is 19.2 Å². The summed E-state index contributed by atoms with van der Waals surface area (Å²) in [5.74, 6) is -1.24. The summed E-state index contributed by atoms with van der Waals surface area (Å²) in [5.41, 5.74) is 3.58. The Morgan fingerprint density at radius 2 is 2.08 bits per heavy atom. The Morgan fingerprint density at radius 3 is 2.79 bits per heavy atom. The molecule has 0 aliphatic carbocycles. The summed E-state index contributed by atoms with van der Waals surface area (Å²) >= 11 is 0. The van der Waals surface area contributed by atoms with Gasteiger partial charge in [-0.15, -0.1) is 0 Å². The number of Topliss-reactive ketones (excluding diaryl/α,β-unsaturated/α-hetero) is 1. The lowest BCUT2D eigenvalue weighted by atomic mass is 10.0. The molecule has 0 saturated heterocycles. The van der Waals surface area contributed by atoms with E-state index in [0.29, 0.717) is 12.1 Å². The molecule has 0 bridgehead atoms. The number of carboxylic acid groups (broad SMARTS) is 1. The van der Waals surface area contributed by atoms with Gasteiger partial charge in [-0.25, -0.2) is 9.78 Å². The first-order valence-electron chi connectivity index (χ1n) is 7.68. The Bertz CT molecular complexity index is 944. The molecule has 6 nitrogen and oxygen atoms in total. The largest absolute Gasteiger partial charge is 0.478 e. The molecular formula is C18H17N3O3. The Labute approximate surface area is 138 Å². The zero-order valence-electron chi connectivity index (χ0n) is 13.5. The molecule has 3 aromatic heterocycles. The number of carbonyl (C=O) groups excluding carboxylic acids is 1. The first kappa shape index (κ1) is 15.9. The van der Waals surface area contributed by atoms with Crippen molar-refractivity contribution in [1.82, 2.24) is 15.0 Å². The number of carbonyl (C=O) groups is 2. The van der Waals surface area contributed by atoms with Gasteiger partial charge in [-0.1, -0.05) is 6.92 Å². The number of aromatic nitrogens is 3. The first-order chi connectivity index (χ1) is 11.5. The Morgan fingerprint density at radius 1 is 1.29 bits per heavy atom. The monoisotopic (exact) mass is 323 g/mol. The predicted molar refractivity (Wildman–Crippen MR) is 89.5 cm³/mol. The summed E-state index contributed by atoms with van der Waals surface area (Å²) in [5, 5.41) is 10.3. The van der Waals surface area contributed by atoms with E-state index in [4.69, 9.17) is 0 Å². The van der Waals surface area contributed by atoms with Gasteiger partial charge in [0.1, 0.15) is 5.69 Å². The molecule has 3 aromatic rings. The molecule has 0 amide bonds. The van der Waals surface area contributed by atoms with Crippen LogP contribution in [0.3, 0.4) is 0 Å². The lowest BCUT2D eigenvalue weighted by molar-refractivity contribution is 0.0696. The number of pyridine rings is 2. The van der Waals surface area contributed by atoms with E-state index >= 15 is 0 Å². The minimum Gasteiger partial charge on any atom is -0.478 e. The average Bonchev–Trinajstić information content (AvgIpc) is 3.07. The van der Waals surface area contributed by atoms with Crippen LogP contribution >= 0.6 is 0 Å². The smallest absolute Gasteiger partial charge is 0.335 e. The molecule has 0 spiro atoms. The fourth-order valence-electron chi connectivity index (χ4n) is 2.71. The summed E-state index contributed by atoms with van der Waals surface area (Å²) in [7, 11) is 0. The van der Waals surface area contributed by atoms with Crippen LogP contribution in [0.4, 0.5) is 0 Å². The van der Waals surface area contributed by atoms with Crippen molar-refractivity contribution >= 4 is 22.7 Å². The van der Waals surface area contributed by atoms with Crippen molar-refractivity contribution in [2.24, 2.45) is 0 Å². The Kier molecular flexibility index (Phi) is 4.12. The maximum Gasteiger partial charge on any atom is 0.335 e. The second kappa shape index (κ2) is 6.23. The number of nitrogens with one attached hydrogen (secondary N) is 1. The molecule has 0 fully saturated rings. The van der Waals surface area contributed by atoms with Crippen LogP contribution in [0.15, 0.2) is 30.6 Å². The highest BCUT2D eigenvalue weighted by atomic mass is 16.4. The number of aryl methyl sites for hydroxylation is 1. The number of nitrogens with zero attached hydrogens (tertiary/aromatic N) is 2. The number of hydrogen-bond donors (Lipinski definition) is 2. The van der Waals surface area contributed by atoms with Gasteiger partial charge in [0.25, 0.3) is 0 Å². The summed E-state index contributed by atoms with van der Waals surface area (Å²) in [4.78, 5) is 35.1. The lowest BCUT2D eigenvalue weighted by Crippen LogP contribution is -2.08. The number of hydrogen-bond acceptors (Lipinski definition) is 4. The molecule has 0 atom stereocenters. The fourth-order valence-corrected chi connectivity index (χ4v) is 2.71. The van der Waals surface area contributed by atoms with Crippen molar-refractivity contribution in [2.75, 3.05) is 0 Å². The van der Waals surface area contributed by atoms with E-state index in [2.05, 4.69) is 15.0 Å². The SMILES string of the molecule is CCC(=O)c1cc(C(=O)O)cc(Cc2cnc(C)c3[nH]ccc23)n1. The number of H-pyrrole nitrogens is 1. The number of rotatable bonds is 5. The zero-order valence-corrected chi connectivity index (χ0v) is 13.5. The summed E-state index contributed by atoms with van der Waals surface area (Å²) < 4.78 is 0. The quantitative estimate of drug-likeness (QED) is 0.703. The summed E-state index contributed by atoms with van der Waals surface area (Å²) in [6, 6.07) is 4.79. The van der Waals surface area contributed by atoms with Gasteiger partial charge in [-0.3, -0.25) is 9.78 Å². The normalized spacial score (nSPS) is 10.9. The van der Waals surface area contributed by atoms with Crippen molar-refractivity contribution in [1.29, 1.82) is 0 Å². The molecule has 0 radical (unpaired) electrons. The van der Waals surface area contributed by atoms with Crippen LogP contribution in [-0.4, -0.2) is 31.8 Å². The second-order valence-corrected chi connectivity index (χ2v) is 5.63. The minimum atomic E-state index is -1.07. The van der Waals surface area contributed by atoms with Crippen LogP contribution in [0, 0.1) is 6.92 Å². The van der Waals surface area contributed by atoms with Crippen LogP contribution in [0.1, 0.15) is 51.1 Å². The third-order valence-corrected chi connectivity index (χ3v) is 3.97. The molecule has 24 heavy (non-hydrogen) atoms. The number of aromatic amines is 1. The van der Waals surface area contributed by atoms with Gasteiger partial charge in [0.15, 0.2) is 5.78 Å². The maximum absolute atomic E-state index is 11.9. The number of carboxylic acids is 1. The Hall–Kier alpha value is -3.02. The van der Waals surface area contributed by atoms with Crippen molar-refractivity contribution in [3.05, 3.63) is 58.8 Å². The van der Waals surface area contributed by atoms with E-state index in [-0.39, 0.29) is 23.5 Å². The van der Waals surface area contributed by atoms with Gasteiger partial charge >= 0.3 is 5.97 Å². The highest BCUT2D eigenvalue weighted by Gasteiger charge is 2.14. The fraction of sp³-hybridized carbons (Fsp3) is 0.222. The molecule has 0 aliphatic heterocycles. The van der Waals surface area contributed by atoms with Crippen molar-refractivity contribution in [2.45, 2.75) is 26.7 Å². The molecule has 2 N–H and O–H groups in total. The highest BCUT2D eigenvalue weighted by Crippen LogP contribution is 2.22. The molecule has 0 unspecified atom stereocenters. The van der Waals surface area contributed by atoms with Gasteiger partial charge in [0, 0.05) is 36.3 Å². The van der Waals surface area contributed by atoms with Gasteiger partial charge in [-0.05, 0) is 30.7 Å². The van der Waals surface area contributed by atoms with Crippen molar-refractivity contribution < 1.29 is 14.7 Å². The van der Waals surface area contributed by atoms with Gasteiger partial charge in [0.05, 0.1) is 16.8 Å². The van der Waals surface area contributed by atoms with Crippen LogP contribution in [0.2, 0.25) is 0 Å². The van der Waals surface area contributed by atoms with Crippen molar-refractivity contribution in [3.8, 4) is 0 Å². The van der Waals surface area contributed by atoms with E-state index in [1.165, 1.54) is 12.1 Å². The lowest BCUT2D eigenvalue weighted by Gasteiger charge is -2.08. The van der Waals surface area contributed by atoms with Gasteiger partial charge in [0.2, 0.25) is 0 Å². The van der Waals surface area contributed by atoms with Gasteiger partial charge < -0.3 is 10.1 Å². The topological polar surface area (TPSA) is 95.9 Å². The highest BCUT2D eigenvalue weighted by molar-refractivity contribution is 5.97. The van der Waals surface area contributed by atoms with E-state index in [9.17, 15) is 14.7 Å². The molecule has 0 saturated carbocycles. The molecule has 0 aliphatic rings. The predicted octanol–water partition coefficient (Wildman–Crippen LogP) is 3.15. The molecule has 3 heterocycles. The zero-order chi connectivity index (χ0) is 17.3. The third-order valence-electron chi connectivity index (χ3n) is 3.97. The number of fused-ring (bicyclic) bond motifs is 1. The van der Waals surface area contributed by atoms with E-state index < -0.39 is 5.97 Å². The molecule has 0 aromatic carbocycles. The standard InChI is InChI=1S/C18H17N3O3/c1-3-16(22)15-8-11(18(23)24)6-13(21-15)7-12-9-20-10(2)17-14(12)4-5-19-17/h4-6,8-9,19H,3,7H2,1-2H3,(H,23,24). The summed E-state index contributed by atoms with van der Waals surface area (Å²) in [6.45, 7) is 3.65. The molecule has 6 heteroatoms. The van der Waals surface area contributed by atoms with Crippen LogP contribution in [0.25, 0.3) is 10.9 Å². The van der Waals surface area contributed by atoms with E-state index in [1.54, 1.807) is 13.1 Å². The molecular weight excluding hydrogens is 306 g/mol. The maximum atomic E-state index is 11.9. The minimum absolute atomic E-state index is 0.0715. The third kappa shape index (κ3) is 2.90. The summed E-state index contributed by atoms with van der Waals surface area (Å²) in [6.07, 6.45) is 4.30. The van der Waals surface area contributed by atoms with Crippen LogP contribution in [0.5, 0.6) is 0 Å². The Balaban J connectivity index is 2.06. The van der Waals surface area contributed by atoms with E-state index in [0.717, 1.165) is 22.2 Å². The van der Waals surface area contributed by atoms with Crippen LogP contribution in [-0.2, 0) is 6.42 Å². The number of ketones is 1.